The normalized spacial score (nSPS) is 22.7. The van der Waals surface area contributed by atoms with E-state index in [9.17, 15) is 13.2 Å². The first-order chi connectivity index (χ1) is 7.98. The predicted octanol–water partition coefficient (Wildman–Crippen LogP) is 4.32. The minimum Gasteiger partial charge on any atom is -0.377 e. The number of benzene rings is 1. The highest BCUT2D eigenvalue weighted by atomic mass is 79.9. The van der Waals surface area contributed by atoms with Crippen molar-refractivity contribution in [3.05, 3.63) is 35.4 Å². The van der Waals surface area contributed by atoms with Gasteiger partial charge in [-0.25, -0.2) is 0 Å². The van der Waals surface area contributed by atoms with Gasteiger partial charge >= 0.3 is 6.18 Å². The molecule has 0 aliphatic carbocycles. The Balaban J connectivity index is 2.12. The molecule has 1 saturated heterocycles. The molecule has 1 aromatic carbocycles. The van der Waals surface area contributed by atoms with Crippen LogP contribution in [0.4, 0.5) is 13.2 Å². The van der Waals surface area contributed by atoms with Gasteiger partial charge in [0.2, 0.25) is 0 Å². The van der Waals surface area contributed by atoms with Crippen molar-refractivity contribution < 1.29 is 17.9 Å². The number of hydrogen-bond donors (Lipinski definition) is 0. The number of hydrogen-bond acceptors (Lipinski definition) is 1. The van der Waals surface area contributed by atoms with Gasteiger partial charge < -0.3 is 4.74 Å². The van der Waals surface area contributed by atoms with Gasteiger partial charge in [-0.2, -0.15) is 13.2 Å². The van der Waals surface area contributed by atoms with Gasteiger partial charge in [0.25, 0.3) is 0 Å². The Morgan fingerprint density at radius 1 is 1.24 bits per heavy atom. The molecule has 1 nitrogen and oxygen atoms in total. The molecule has 2 atom stereocenters. The topological polar surface area (TPSA) is 9.23 Å². The van der Waals surface area contributed by atoms with E-state index in [1.54, 1.807) is 0 Å². The van der Waals surface area contributed by atoms with Gasteiger partial charge in [-0.3, -0.25) is 0 Å². The first-order valence-electron chi connectivity index (χ1n) is 5.41. The second kappa shape index (κ2) is 4.98. The van der Waals surface area contributed by atoms with Gasteiger partial charge in [0, 0.05) is 6.61 Å². The number of alkyl halides is 4. The molecule has 1 heterocycles. The molecule has 1 aliphatic heterocycles. The molecule has 5 heteroatoms. The summed E-state index contributed by atoms with van der Waals surface area (Å²) < 4.78 is 42.7. The largest absolute Gasteiger partial charge is 0.416 e. The van der Waals surface area contributed by atoms with E-state index >= 15 is 0 Å². The van der Waals surface area contributed by atoms with Crippen LogP contribution in [-0.4, -0.2) is 12.7 Å². The fraction of sp³-hybridized carbons (Fsp3) is 0.500. The van der Waals surface area contributed by atoms with Crippen molar-refractivity contribution in [1.29, 1.82) is 0 Å². The van der Waals surface area contributed by atoms with E-state index in [0.717, 1.165) is 37.1 Å². The Hall–Kier alpha value is -0.550. The van der Waals surface area contributed by atoms with Crippen LogP contribution in [0.25, 0.3) is 0 Å². The minimum absolute atomic E-state index is 0.0349. The first-order valence-corrected chi connectivity index (χ1v) is 6.33. The zero-order valence-electron chi connectivity index (χ0n) is 9.01. The third kappa shape index (κ3) is 3.01. The van der Waals surface area contributed by atoms with Crippen LogP contribution in [0.1, 0.15) is 28.8 Å². The van der Waals surface area contributed by atoms with E-state index in [2.05, 4.69) is 15.9 Å². The number of ether oxygens (including phenoxy) is 1. The van der Waals surface area contributed by atoms with E-state index in [0.29, 0.717) is 0 Å². The Morgan fingerprint density at radius 2 is 1.88 bits per heavy atom. The van der Waals surface area contributed by atoms with Crippen LogP contribution in [0, 0.1) is 0 Å². The molecule has 1 aromatic rings. The van der Waals surface area contributed by atoms with E-state index in [4.69, 9.17) is 4.74 Å². The smallest absolute Gasteiger partial charge is 0.377 e. The molecule has 0 unspecified atom stereocenters. The van der Waals surface area contributed by atoms with Gasteiger partial charge in [-0.1, -0.05) is 28.1 Å². The molecule has 17 heavy (non-hydrogen) atoms. The lowest BCUT2D eigenvalue weighted by Gasteiger charge is -2.17. The predicted molar refractivity (Wildman–Crippen MR) is 62.1 cm³/mol. The SMILES string of the molecule is FC(F)(F)c1ccc([C@H](Br)[C@H]2CCCO2)cc1. The van der Waals surface area contributed by atoms with E-state index < -0.39 is 11.7 Å². The summed E-state index contributed by atoms with van der Waals surface area (Å²) in [4.78, 5) is -0.0349. The Labute approximate surface area is 106 Å². The van der Waals surface area contributed by atoms with Gasteiger partial charge in [-0.05, 0) is 30.5 Å². The van der Waals surface area contributed by atoms with Gasteiger partial charge in [-0.15, -0.1) is 0 Å². The molecule has 0 bridgehead atoms. The van der Waals surface area contributed by atoms with E-state index in [1.165, 1.54) is 12.1 Å². The van der Waals surface area contributed by atoms with E-state index in [1.807, 2.05) is 0 Å². The molecular weight excluding hydrogens is 297 g/mol. The van der Waals surface area contributed by atoms with Crippen LogP contribution in [0.15, 0.2) is 24.3 Å². The lowest BCUT2D eigenvalue weighted by molar-refractivity contribution is -0.137. The van der Waals surface area contributed by atoms with Crippen LogP contribution in [-0.2, 0) is 10.9 Å². The van der Waals surface area contributed by atoms with E-state index in [-0.39, 0.29) is 10.9 Å². The third-order valence-electron chi connectivity index (χ3n) is 2.85. The quantitative estimate of drug-likeness (QED) is 0.739. The monoisotopic (exact) mass is 308 g/mol. The molecular formula is C12H12BrF3O. The Morgan fingerprint density at radius 3 is 2.35 bits per heavy atom. The molecule has 0 saturated carbocycles. The molecule has 94 valence electrons. The molecule has 0 amide bonds. The maximum atomic E-state index is 12.4. The summed E-state index contributed by atoms with van der Waals surface area (Å²) in [6, 6.07) is 5.23. The Bertz CT molecular complexity index is 368. The fourth-order valence-electron chi connectivity index (χ4n) is 1.90. The second-order valence-corrected chi connectivity index (χ2v) is 5.06. The maximum absolute atomic E-state index is 12.4. The van der Waals surface area contributed by atoms with Crippen molar-refractivity contribution in [3.63, 3.8) is 0 Å². The van der Waals surface area contributed by atoms with Gasteiger partial charge in [0.15, 0.2) is 0 Å². The number of halogens is 4. The molecule has 0 aromatic heterocycles. The molecule has 2 rings (SSSR count). The van der Waals surface area contributed by atoms with Crippen molar-refractivity contribution in [2.45, 2.75) is 29.9 Å². The summed E-state index contributed by atoms with van der Waals surface area (Å²) in [5, 5.41) is 0. The highest BCUT2D eigenvalue weighted by molar-refractivity contribution is 9.09. The summed E-state index contributed by atoms with van der Waals surface area (Å²) in [7, 11) is 0. The van der Waals surface area contributed by atoms with Crippen molar-refractivity contribution in [1.82, 2.24) is 0 Å². The molecule has 0 N–H and O–H groups in total. The van der Waals surface area contributed by atoms with Crippen LogP contribution < -0.4 is 0 Å². The average molecular weight is 309 g/mol. The highest BCUT2D eigenvalue weighted by Crippen LogP contribution is 2.35. The fourth-order valence-corrected chi connectivity index (χ4v) is 2.63. The highest BCUT2D eigenvalue weighted by Gasteiger charge is 2.31. The molecule has 1 fully saturated rings. The van der Waals surface area contributed by atoms with Crippen molar-refractivity contribution >= 4 is 15.9 Å². The summed E-state index contributed by atoms with van der Waals surface area (Å²) >= 11 is 3.48. The summed E-state index contributed by atoms with van der Waals surface area (Å²) in [6.07, 6.45) is -2.26. The average Bonchev–Trinajstić information content (AvgIpc) is 2.80. The maximum Gasteiger partial charge on any atom is 0.416 e. The summed E-state index contributed by atoms with van der Waals surface area (Å²) in [6.45, 7) is 0.730. The van der Waals surface area contributed by atoms with Crippen molar-refractivity contribution in [2.75, 3.05) is 6.61 Å². The van der Waals surface area contributed by atoms with Crippen molar-refractivity contribution in [3.8, 4) is 0 Å². The zero-order valence-corrected chi connectivity index (χ0v) is 10.6. The standard InChI is InChI=1S/C12H12BrF3O/c13-11(10-2-1-7-17-10)8-3-5-9(6-4-8)12(14,15)16/h3-6,10-11H,1-2,7H2/t10-,11+/m1/s1. The van der Waals surface area contributed by atoms with Gasteiger partial charge in [0.1, 0.15) is 0 Å². The second-order valence-electron chi connectivity index (χ2n) is 4.07. The lowest BCUT2D eigenvalue weighted by atomic mass is 10.0. The van der Waals surface area contributed by atoms with Crippen LogP contribution in [0.2, 0.25) is 0 Å². The van der Waals surface area contributed by atoms with Crippen LogP contribution >= 0.6 is 15.9 Å². The summed E-state index contributed by atoms with van der Waals surface area (Å²) in [5.74, 6) is 0. The summed E-state index contributed by atoms with van der Waals surface area (Å²) in [5.41, 5.74) is 0.207. The first kappa shape index (κ1) is 12.9. The molecule has 0 radical (unpaired) electrons. The van der Waals surface area contributed by atoms with Crippen LogP contribution in [0.3, 0.4) is 0 Å². The van der Waals surface area contributed by atoms with Gasteiger partial charge in [0.05, 0.1) is 16.5 Å². The van der Waals surface area contributed by atoms with Crippen molar-refractivity contribution in [2.24, 2.45) is 0 Å². The number of rotatable bonds is 2. The van der Waals surface area contributed by atoms with Crippen LogP contribution in [0.5, 0.6) is 0 Å². The zero-order chi connectivity index (χ0) is 12.5. The third-order valence-corrected chi connectivity index (χ3v) is 3.97. The molecule has 1 aliphatic rings. The molecule has 0 spiro atoms. The lowest BCUT2D eigenvalue weighted by Crippen LogP contribution is -2.12. The Kier molecular flexibility index (Phi) is 3.78. The minimum atomic E-state index is -4.27.